The van der Waals surface area contributed by atoms with Crippen molar-refractivity contribution in [2.24, 2.45) is 0 Å². The van der Waals surface area contributed by atoms with Crippen molar-refractivity contribution in [1.82, 2.24) is 4.57 Å². The van der Waals surface area contributed by atoms with E-state index < -0.39 is 0 Å². The molecule has 0 saturated carbocycles. The normalized spacial score (nSPS) is 10.9. The van der Waals surface area contributed by atoms with Crippen molar-refractivity contribution in [1.29, 1.82) is 0 Å². The fourth-order valence-corrected chi connectivity index (χ4v) is 4.47. The van der Waals surface area contributed by atoms with E-state index in [1.54, 1.807) is 25.1 Å². The van der Waals surface area contributed by atoms with Gasteiger partial charge in [-0.2, -0.15) is 0 Å². The minimum absolute atomic E-state index is 0.109. The summed E-state index contributed by atoms with van der Waals surface area (Å²) in [6.45, 7) is 5.62. The molecule has 0 aliphatic rings. The molecule has 6 nitrogen and oxygen atoms in total. The first-order valence-electron chi connectivity index (χ1n) is 13.3. The van der Waals surface area contributed by atoms with Gasteiger partial charge in [0.15, 0.2) is 17.3 Å². The van der Waals surface area contributed by atoms with Crippen LogP contribution in [0.4, 0.5) is 0 Å². The summed E-state index contributed by atoms with van der Waals surface area (Å²) in [5.74, 6) is 1.24. The lowest BCUT2D eigenvalue weighted by molar-refractivity contribution is -0.143. The molecular weight excluding hydrogens is 514 g/mol. The predicted molar refractivity (Wildman–Crippen MR) is 154 cm³/mol. The zero-order chi connectivity index (χ0) is 27.6. The Labute approximate surface area is 234 Å². The Morgan fingerprint density at radius 1 is 0.923 bits per heavy atom. The third-order valence-electron chi connectivity index (χ3n) is 6.37. The van der Waals surface area contributed by atoms with Crippen LogP contribution in [-0.2, 0) is 22.7 Å². The van der Waals surface area contributed by atoms with Crippen molar-refractivity contribution >= 4 is 34.3 Å². The van der Waals surface area contributed by atoms with E-state index in [1.807, 2.05) is 66.2 Å². The Hall–Kier alpha value is -3.77. The molecule has 0 aliphatic heterocycles. The maximum atomic E-state index is 13.7. The first kappa shape index (κ1) is 28.2. The third-order valence-corrected chi connectivity index (χ3v) is 6.64. The van der Waals surface area contributed by atoms with Crippen molar-refractivity contribution in [3.63, 3.8) is 0 Å². The molecule has 0 bridgehead atoms. The summed E-state index contributed by atoms with van der Waals surface area (Å²) in [4.78, 5) is 25.5. The zero-order valence-corrected chi connectivity index (χ0v) is 23.2. The number of nitrogens with zero attached hydrogens (tertiary/aromatic N) is 1. The summed E-state index contributed by atoms with van der Waals surface area (Å²) >= 11 is 5.86. The average Bonchev–Trinajstić information content (AvgIpc) is 3.31. The second-order valence-corrected chi connectivity index (χ2v) is 9.70. The van der Waals surface area contributed by atoms with Gasteiger partial charge in [0.2, 0.25) is 0 Å². The molecule has 0 N–H and O–H groups in total. The number of carbonyl (C=O) groups excluding carboxylic acids is 2. The molecule has 7 heteroatoms. The monoisotopic (exact) mass is 547 g/mol. The molecule has 0 saturated heterocycles. The van der Waals surface area contributed by atoms with Gasteiger partial charge in [0.25, 0.3) is 0 Å². The van der Waals surface area contributed by atoms with Crippen LogP contribution in [0.25, 0.3) is 10.9 Å². The van der Waals surface area contributed by atoms with Gasteiger partial charge in [-0.25, -0.2) is 0 Å². The Morgan fingerprint density at radius 3 is 2.49 bits per heavy atom. The summed E-state index contributed by atoms with van der Waals surface area (Å²) in [6, 6.07) is 21.3. The summed E-state index contributed by atoms with van der Waals surface area (Å²) in [6.07, 6.45) is 3.50. The highest BCUT2D eigenvalue weighted by Gasteiger charge is 2.19. The lowest BCUT2D eigenvalue weighted by atomic mass is 10.0. The molecular formula is C32H34ClNO5. The molecule has 39 heavy (non-hydrogen) atoms. The predicted octanol–water partition coefficient (Wildman–Crippen LogP) is 7.11. The molecule has 0 fully saturated rings. The van der Waals surface area contributed by atoms with Gasteiger partial charge in [0, 0.05) is 47.1 Å². The van der Waals surface area contributed by atoms with Gasteiger partial charge >= 0.3 is 5.97 Å². The Balaban J connectivity index is 1.57. The average molecular weight is 548 g/mol. The number of benzene rings is 3. The SMILES string of the molecule is CCOC(=O)CCCn1cc(C(=O)c2ccc(OCc3ccc(C)cc3)c(OCCCCl)c2)c2ccccc21. The van der Waals surface area contributed by atoms with Crippen LogP contribution < -0.4 is 9.47 Å². The van der Waals surface area contributed by atoms with Crippen LogP contribution in [0.5, 0.6) is 11.5 Å². The summed E-state index contributed by atoms with van der Waals surface area (Å²) in [7, 11) is 0. The van der Waals surface area contributed by atoms with Crippen LogP contribution in [0.1, 0.15) is 53.2 Å². The van der Waals surface area contributed by atoms with Crippen LogP contribution in [0.2, 0.25) is 0 Å². The van der Waals surface area contributed by atoms with Crippen LogP contribution in [0.3, 0.4) is 0 Å². The summed E-state index contributed by atoms with van der Waals surface area (Å²) in [5, 5.41) is 0.864. The molecule has 0 atom stereocenters. The van der Waals surface area contributed by atoms with E-state index >= 15 is 0 Å². The minimum Gasteiger partial charge on any atom is -0.490 e. The smallest absolute Gasteiger partial charge is 0.305 e. The number of hydrogen-bond donors (Lipinski definition) is 0. The van der Waals surface area contributed by atoms with Crippen molar-refractivity contribution in [3.8, 4) is 11.5 Å². The zero-order valence-electron chi connectivity index (χ0n) is 22.5. The molecule has 3 aromatic carbocycles. The van der Waals surface area contributed by atoms with E-state index in [0.29, 0.717) is 74.1 Å². The molecule has 1 heterocycles. The number of carbonyl (C=O) groups is 2. The molecule has 0 amide bonds. The van der Waals surface area contributed by atoms with E-state index in [0.717, 1.165) is 16.5 Å². The molecule has 0 unspecified atom stereocenters. The first-order chi connectivity index (χ1) is 19.0. The van der Waals surface area contributed by atoms with Gasteiger partial charge < -0.3 is 18.8 Å². The van der Waals surface area contributed by atoms with Crippen molar-refractivity contribution in [3.05, 3.63) is 95.2 Å². The molecule has 4 rings (SSSR count). The van der Waals surface area contributed by atoms with Gasteiger partial charge in [0.05, 0.1) is 13.2 Å². The summed E-state index contributed by atoms with van der Waals surface area (Å²) < 4.78 is 19.1. The number of alkyl halides is 1. The van der Waals surface area contributed by atoms with E-state index in [4.69, 9.17) is 25.8 Å². The number of para-hydroxylation sites is 1. The summed E-state index contributed by atoms with van der Waals surface area (Å²) in [5.41, 5.74) is 4.28. The molecule has 0 spiro atoms. The highest BCUT2D eigenvalue weighted by molar-refractivity contribution is 6.18. The lowest BCUT2D eigenvalue weighted by Crippen LogP contribution is -2.06. The van der Waals surface area contributed by atoms with Gasteiger partial charge in [-0.1, -0.05) is 48.0 Å². The van der Waals surface area contributed by atoms with Crippen LogP contribution >= 0.6 is 11.6 Å². The third kappa shape index (κ3) is 7.42. The fourth-order valence-electron chi connectivity index (χ4n) is 4.36. The molecule has 1 aromatic heterocycles. The van der Waals surface area contributed by atoms with Crippen LogP contribution in [0.15, 0.2) is 72.9 Å². The number of fused-ring (bicyclic) bond motifs is 1. The fraction of sp³-hybridized carbons (Fsp3) is 0.312. The number of hydrogen-bond acceptors (Lipinski definition) is 5. The maximum absolute atomic E-state index is 13.7. The number of aromatic nitrogens is 1. The first-order valence-corrected chi connectivity index (χ1v) is 13.8. The van der Waals surface area contributed by atoms with E-state index in [1.165, 1.54) is 5.56 Å². The van der Waals surface area contributed by atoms with Crippen LogP contribution in [0, 0.1) is 6.92 Å². The minimum atomic E-state index is -0.211. The van der Waals surface area contributed by atoms with E-state index in [9.17, 15) is 9.59 Å². The highest BCUT2D eigenvalue weighted by Crippen LogP contribution is 2.32. The van der Waals surface area contributed by atoms with E-state index in [2.05, 4.69) is 0 Å². The lowest BCUT2D eigenvalue weighted by Gasteiger charge is -2.14. The van der Waals surface area contributed by atoms with Gasteiger partial charge in [-0.05, 0) is 56.5 Å². The highest BCUT2D eigenvalue weighted by atomic mass is 35.5. The van der Waals surface area contributed by atoms with Crippen LogP contribution in [-0.4, -0.2) is 35.4 Å². The Kier molecular flexibility index (Phi) is 10.0. The number of ketones is 1. The standard InChI is InChI=1S/C32H34ClNO5/c1-3-37-31(35)10-6-18-34-21-27(26-8-4-5-9-28(26)34)32(36)25-15-16-29(30(20-25)38-19-7-17-33)39-22-24-13-11-23(2)12-14-24/h4-5,8-9,11-16,20-21H,3,6-7,10,17-19,22H2,1-2H3. The number of halogens is 1. The second-order valence-electron chi connectivity index (χ2n) is 9.32. The van der Waals surface area contributed by atoms with E-state index in [-0.39, 0.29) is 11.8 Å². The second kappa shape index (κ2) is 13.9. The van der Waals surface area contributed by atoms with Gasteiger partial charge in [-0.3, -0.25) is 9.59 Å². The largest absolute Gasteiger partial charge is 0.490 e. The van der Waals surface area contributed by atoms with Gasteiger partial charge in [-0.15, -0.1) is 11.6 Å². The molecule has 4 aromatic rings. The van der Waals surface area contributed by atoms with Crippen molar-refractivity contribution in [2.75, 3.05) is 19.1 Å². The molecule has 204 valence electrons. The van der Waals surface area contributed by atoms with Gasteiger partial charge in [0.1, 0.15) is 6.61 Å². The Morgan fingerprint density at radius 2 is 1.72 bits per heavy atom. The number of ether oxygens (including phenoxy) is 3. The number of rotatable bonds is 14. The number of esters is 1. The van der Waals surface area contributed by atoms with Crippen molar-refractivity contribution in [2.45, 2.75) is 46.3 Å². The maximum Gasteiger partial charge on any atom is 0.305 e. The molecule has 0 aliphatic carbocycles. The molecule has 0 radical (unpaired) electrons. The Bertz CT molecular complexity index is 1410. The topological polar surface area (TPSA) is 66.8 Å². The quantitative estimate of drug-likeness (QED) is 0.0728. The number of aryl methyl sites for hydroxylation is 2. The van der Waals surface area contributed by atoms with Crippen molar-refractivity contribution < 1.29 is 23.8 Å².